The Balaban J connectivity index is 1.48. The maximum absolute atomic E-state index is 11.9. The molecule has 0 spiro atoms. The van der Waals surface area contributed by atoms with Crippen molar-refractivity contribution in [2.45, 2.75) is 4.34 Å². The number of amides is 1. The lowest BCUT2D eigenvalue weighted by atomic mass is 10.2. The Morgan fingerprint density at radius 3 is 2.72 bits per heavy atom. The molecule has 0 unspecified atom stereocenters. The van der Waals surface area contributed by atoms with Crippen molar-refractivity contribution < 1.29 is 4.79 Å². The number of carbonyl (C=O) groups is 1. The maximum atomic E-state index is 11.9. The van der Waals surface area contributed by atoms with Crippen LogP contribution < -0.4 is 10.3 Å². The summed E-state index contributed by atoms with van der Waals surface area (Å²) >= 11 is 3.01. The Bertz CT molecular complexity index is 854. The number of fused-ring (bicyclic) bond motifs is 1. The Morgan fingerprint density at radius 1 is 1.24 bits per heavy atom. The summed E-state index contributed by atoms with van der Waals surface area (Å²) in [5.74, 6) is 0.141. The number of aromatic nitrogens is 1. The van der Waals surface area contributed by atoms with Crippen LogP contribution in [0.1, 0.15) is 5.56 Å². The van der Waals surface area contributed by atoms with Crippen LogP contribution in [0, 0.1) is 0 Å². The molecule has 0 radical (unpaired) electrons. The summed E-state index contributed by atoms with van der Waals surface area (Å²) in [5.41, 5.74) is 5.57. The van der Waals surface area contributed by atoms with E-state index < -0.39 is 0 Å². The lowest BCUT2D eigenvalue weighted by Gasteiger charge is -2.11. The molecule has 1 N–H and O–H groups in total. The van der Waals surface area contributed by atoms with E-state index in [1.165, 1.54) is 11.8 Å². The van der Waals surface area contributed by atoms with Gasteiger partial charge < -0.3 is 4.90 Å². The standard InChI is InChI=1S/C18H18N4OS2/c1-22(2)14-9-7-13(8-10-14)11-19-21-17(23)12-24-18-20-15-5-3-4-6-16(15)25-18/h3-11H,12H2,1-2H3,(H,21,23)/b19-11-. The number of thioether (sulfide) groups is 1. The van der Waals surface area contributed by atoms with E-state index in [2.05, 4.69) is 15.5 Å². The van der Waals surface area contributed by atoms with Crippen molar-refractivity contribution in [1.82, 2.24) is 10.4 Å². The summed E-state index contributed by atoms with van der Waals surface area (Å²) in [6.07, 6.45) is 1.64. The molecule has 1 amide bonds. The molecule has 5 nitrogen and oxygen atoms in total. The van der Waals surface area contributed by atoms with Crippen molar-refractivity contribution >= 4 is 51.1 Å². The quantitative estimate of drug-likeness (QED) is 0.409. The summed E-state index contributed by atoms with van der Waals surface area (Å²) in [7, 11) is 3.98. The molecule has 1 aromatic heterocycles. The number of nitrogens with one attached hydrogen (secondary N) is 1. The van der Waals surface area contributed by atoms with Crippen LogP contribution in [0.4, 0.5) is 5.69 Å². The molecule has 0 aliphatic heterocycles. The molecule has 1 heterocycles. The van der Waals surface area contributed by atoms with E-state index in [-0.39, 0.29) is 11.7 Å². The molecular formula is C18H18N4OS2. The van der Waals surface area contributed by atoms with E-state index in [0.29, 0.717) is 0 Å². The van der Waals surface area contributed by atoms with Crippen molar-refractivity contribution in [2.75, 3.05) is 24.7 Å². The summed E-state index contributed by atoms with van der Waals surface area (Å²) in [5, 5.41) is 4.00. The number of hydrogen-bond acceptors (Lipinski definition) is 6. The van der Waals surface area contributed by atoms with E-state index in [4.69, 9.17) is 0 Å². The molecule has 128 valence electrons. The zero-order valence-corrected chi connectivity index (χ0v) is 15.6. The van der Waals surface area contributed by atoms with Gasteiger partial charge in [0.15, 0.2) is 4.34 Å². The van der Waals surface area contributed by atoms with Gasteiger partial charge in [-0.3, -0.25) is 4.79 Å². The fourth-order valence-electron chi connectivity index (χ4n) is 2.11. The zero-order chi connectivity index (χ0) is 17.6. The third-order valence-electron chi connectivity index (χ3n) is 3.41. The van der Waals surface area contributed by atoms with Crippen molar-refractivity contribution in [3.8, 4) is 0 Å². The van der Waals surface area contributed by atoms with Crippen molar-refractivity contribution in [3.05, 3.63) is 54.1 Å². The smallest absolute Gasteiger partial charge is 0.250 e. The highest BCUT2D eigenvalue weighted by Gasteiger charge is 2.06. The second kappa shape index (κ2) is 8.13. The van der Waals surface area contributed by atoms with Gasteiger partial charge in [-0.15, -0.1) is 11.3 Å². The molecule has 0 fully saturated rings. The minimum Gasteiger partial charge on any atom is -0.378 e. The molecule has 0 saturated heterocycles. The van der Waals surface area contributed by atoms with Crippen LogP contribution >= 0.6 is 23.1 Å². The number of anilines is 1. The summed E-state index contributed by atoms with van der Waals surface area (Å²) in [6, 6.07) is 15.9. The third-order valence-corrected chi connectivity index (χ3v) is 5.59. The average molecular weight is 371 g/mol. The second-order valence-corrected chi connectivity index (χ2v) is 7.77. The van der Waals surface area contributed by atoms with Crippen LogP contribution in [0.15, 0.2) is 58.0 Å². The van der Waals surface area contributed by atoms with Crippen LogP contribution in [0.2, 0.25) is 0 Å². The van der Waals surface area contributed by atoms with E-state index in [1.54, 1.807) is 17.6 Å². The number of carbonyl (C=O) groups excluding carboxylic acids is 1. The molecular weight excluding hydrogens is 352 g/mol. The summed E-state index contributed by atoms with van der Waals surface area (Å²) < 4.78 is 2.02. The lowest BCUT2D eigenvalue weighted by molar-refractivity contribution is -0.118. The number of nitrogens with zero attached hydrogens (tertiary/aromatic N) is 3. The second-order valence-electron chi connectivity index (χ2n) is 5.52. The Kier molecular flexibility index (Phi) is 5.67. The largest absolute Gasteiger partial charge is 0.378 e. The van der Waals surface area contributed by atoms with Gasteiger partial charge in [0.2, 0.25) is 0 Å². The fourth-order valence-corrected chi connectivity index (χ4v) is 3.97. The minimum atomic E-state index is -0.148. The average Bonchev–Trinajstić information content (AvgIpc) is 3.03. The number of hydrogen-bond donors (Lipinski definition) is 1. The summed E-state index contributed by atoms with van der Waals surface area (Å²) in [4.78, 5) is 18.4. The van der Waals surface area contributed by atoms with Gasteiger partial charge >= 0.3 is 0 Å². The van der Waals surface area contributed by atoms with Gasteiger partial charge in [-0.1, -0.05) is 36.0 Å². The first-order valence-corrected chi connectivity index (χ1v) is 9.50. The molecule has 0 saturated carbocycles. The monoisotopic (exact) mass is 370 g/mol. The first kappa shape index (κ1) is 17.4. The van der Waals surface area contributed by atoms with Crippen LogP contribution in [0.25, 0.3) is 10.2 Å². The molecule has 0 aliphatic carbocycles. The van der Waals surface area contributed by atoms with Crippen molar-refractivity contribution in [1.29, 1.82) is 0 Å². The zero-order valence-electron chi connectivity index (χ0n) is 14.0. The summed E-state index contributed by atoms with van der Waals surface area (Å²) in [6.45, 7) is 0. The van der Waals surface area contributed by atoms with E-state index in [1.807, 2.05) is 67.5 Å². The highest BCUT2D eigenvalue weighted by molar-refractivity contribution is 8.01. The van der Waals surface area contributed by atoms with Gasteiger partial charge in [0.05, 0.1) is 22.2 Å². The lowest BCUT2D eigenvalue weighted by Crippen LogP contribution is -2.19. The Morgan fingerprint density at radius 2 is 2.00 bits per heavy atom. The molecule has 0 atom stereocenters. The molecule has 2 aromatic carbocycles. The molecule has 25 heavy (non-hydrogen) atoms. The molecule has 0 bridgehead atoms. The SMILES string of the molecule is CN(C)c1ccc(/C=N\NC(=O)CSc2nc3ccccc3s2)cc1. The number of benzene rings is 2. The molecule has 3 aromatic rings. The fraction of sp³-hybridized carbons (Fsp3) is 0.167. The highest BCUT2D eigenvalue weighted by atomic mass is 32.2. The molecule has 0 aliphatic rings. The number of rotatable bonds is 6. The van der Waals surface area contributed by atoms with E-state index in [0.717, 1.165) is 25.8 Å². The van der Waals surface area contributed by atoms with Gasteiger partial charge in [-0.2, -0.15) is 5.10 Å². The van der Waals surface area contributed by atoms with Crippen LogP contribution in [-0.2, 0) is 4.79 Å². The van der Waals surface area contributed by atoms with Crippen LogP contribution in [0.5, 0.6) is 0 Å². The van der Waals surface area contributed by atoms with E-state index >= 15 is 0 Å². The Hall–Kier alpha value is -2.38. The van der Waals surface area contributed by atoms with Gasteiger partial charge in [0.25, 0.3) is 5.91 Å². The molecule has 7 heteroatoms. The highest BCUT2D eigenvalue weighted by Crippen LogP contribution is 2.28. The maximum Gasteiger partial charge on any atom is 0.250 e. The predicted molar refractivity (Wildman–Crippen MR) is 107 cm³/mol. The van der Waals surface area contributed by atoms with Gasteiger partial charge in [-0.05, 0) is 29.8 Å². The first-order chi connectivity index (χ1) is 12.1. The number of para-hydroxylation sites is 1. The molecule has 3 rings (SSSR count). The number of thiazole rings is 1. The third kappa shape index (κ3) is 4.80. The van der Waals surface area contributed by atoms with Gasteiger partial charge in [0, 0.05) is 19.8 Å². The minimum absolute atomic E-state index is 0.148. The van der Waals surface area contributed by atoms with E-state index in [9.17, 15) is 4.79 Å². The van der Waals surface area contributed by atoms with Crippen molar-refractivity contribution in [2.24, 2.45) is 5.10 Å². The normalized spacial score (nSPS) is 11.1. The topological polar surface area (TPSA) is 57.6 Å². The first-order valence-electron chi connectivity index (χ1n) is 7.69. The van der Waals surface area contributed by atoms with Crippen molar-refractivity contribution in [3.63, 3.8) is 0 Å². The van der Waals surface area contributed by atoms with Gasteiger partial charge in [-0.25, -0.2) is 10.4 Å². The Labute approximate surface area is 154 Å². The van der Waals surface area contributed by atoms with Gasteiger partial charge in [0.1, 0.15) is 0 Å². The van der Waals surface area contributed by atoms with Crippen LogP contribution in [-0.4, -0.2) is 37.0 Å². The van der Waals surface area contributed by atoms with Crippen LogP contribution in [0.3, 0.4) is 0 Å². The number of hydrazone groups is 1. The predicted octanol–water partition coefficient (Wildman–Crippen LogP) is 3.60.